The van der Waals surface area contributed by atoms with Gasteiger partial charge in [0.05, 0.1) is 30.6 Å². The second-order valence-electron chi connectivity index (χ2n) is 11.8. The van der Waals surface area contributed by atoms with Crippen molar-refractivity contribution in [3.8, 4) is 5.75 Å². The average molecular weight is 724 g/mol. The number of carbonyl (C=O) groups excluding carboxylic acids is 1. The highest BCUT2D eigenvalue weighted by Crippen LogP contribution is 2.40. The number of nitrogens with zero attached hydrogens (tertiary/aromatic N) is 4. The van der Waals surface area contributed by atoms with Gasteiger partial charge in [0.1, 0.15) is 16.5 Å². The molecule has 2 aliphatic rings. The van der Waals surface area contributed by atoms with Gasteiger partial charge in [-0.15, -0.1) is 34.9 Å². The number of nitrogens with one attached hydrogen (secondary N) is 1. The molecule has 4 heterocycles. The molecule has 48 heavy (non-hydrogen) atoms. The minimum atomic E-state index is -0.368. The maximum Gasteiger partial charge on any atom is 0.354 e. The van der Waals surface area contributed by atoms with Crippen LogP contribution >= 0.6 is 46.5 Å². The Morgan fingerprint density at radius 1 is 1.23 bits per heavy atom. The van der Waals surface area contributed by atoms with E-state index in [4.69, 9.17) is 26.1 Å². The number of esters is 1. The molecular formula is C36H42ClN5O3S3. The number of halogens is 1. The van der Waals surface area contributed by atoms with Crippen LogP contribution in [0.25, 0.3) is 17.0 Å². The molecule has 8 nitrogen and oxygen atoms in total. The minimum absolute atomic E-state index is 0.368. The van der Waals surface area contributed by atoms with Crippen LogP contribution in [0.15, 0.2) is 40.0 Å². The highest BCUT2D eigenvalue weighted by atomic mass is 35.5. The van der Waals surface area contributed by atoms with Crippen LogP contribution < -0.4 is 10.1 Å². The van der Waals surface area contributed by atoms with E-state index in [0.717, 1.165) is 87.2 Å². The van der Waals surface area contributed by atoms with Gasteiger partial charge in [0.15, 0.2) is 0 Å². The molecule has 0 fully saturated rings. The predicted molar refractivity (Wildman–Crippen MR) is 203 cm³/mol. The Labute approximate surface area is 300 Å². The summed E-state index contributed by atoms with van der Waals surface area (Å²) in [6.07, 6.45) is 7.45. The number of rotatable bonds is 4. The van der Waals surface area contributed by atoms with E-state index in [1.165, 1.54) is 22.4 Å². The molecule has 0 saturated carbocycles. The lowest BCUT2D eigenvalue weighted by atomic mass is 10.0. The van der Waals surface area contributed by atoms with E-state index in [1.807, 2.05) is 65.4 Å². The first-order valence-corrected chi connectivity index (χ1v) is 19.7. The fourth-order valence-electron chi connectivity index (χ4n) is 6.47. The molecule has 254 valence electrons. The Morgan fingerprint density at radius 3 is 2.88 bits per heavy atom. The highest BCUT2D eigenvalue weighted by Gasteiger charge is 2.25. The normalized spacial score (nSPS) is 16.8. The van der Waals surface area contributed by atoms with Crippen molar-refractivity contribution in [1.82, 2.24) is 14.6 Å². The van der Waals surface area contributed by atoms with Crippen molar-refractivity contribution in [3.05, 3.63) is 72.9 Å². The molecule has 0 radical (unpaired) electrons. The van der Waals surface area contributed by atoms with E-state index in [0.29, 0.717) is 36.0 Å². The third-order valence-electron chi connectivity index (χ3n) is 8.71. The number of fused-ring (bicyclic) bond motifs is 6. The average Bonchev–Trinajstić information content (AvgIpc) is 3.59. The maximum atomic E-state index is 13.3. The second kappa shape index (κ2) is 15.6. The van der Waals surface area contributed by atoms with Crippen LogP contribution in [0, 0.1) is 6.92 Å². The number of benzene rings is 2. The Hall–Kier alpha value is -3.12. The zero-order valence-corrected chi connectivity index (χ0v) is 31.4. The first-order chi connectivity index (χ1) is 23.3. The largest absolute Gasteiger partial charge is 0.491 e. The summed E-state index contributed by atoms with van der Waals surface area (Å²) in [5, 5.41) is 13.0. The molecule has 0 atom stereocenters. The van der Waals surface area contributed by atoms with E-state index >= 15 is 0 Å². The summed E-state index contributed by atoms with van der Waals surface area (Å²) < 4.78 is 13.8. The molecule has 2 aliphatic heterocycles. The van der Waals surface area contributed by atoms with E-state index in [2.05, 4.69) is 42.5 Å². The topological polar surface area (TPSA) is 81.0 Å². The third-order valence-corrected chi connectivity index (χ3v) is 12.5. The number of hydrogen-bond acceptors (Lipinski definition) is 10. The van der Waals surface area contributed by atoms with Gasteiger partial charge in [-0.3, -0.25) is 5.01 Å². The van der Waals surface area contributed by atoms with Crippen molar-refractivity contribution in [3.63, 3.8) is 0 Å². The highest BCUT2D eigenvalue weighted by molar-refractivity contribution is 7.99. The molecule has 2 aromatic heterocycles. The van der Waals surface area contributed by atoms with Gasteiger partial charge in [0.2, 0.25) is 0 Å². The van der Waals surface area contributed by atoms with Gasteiger partial charge in [-0.2, -0.15) is 5.10 Å². The number of methoxy groups -OCH3 is 1. The number of hydrazone groups is 1. The lowest BCUT2D eigenvalue weighted by molar-refractivity contribution is 0.0589. The summed E-state index contributed by atoms with van der Waals surface area (Å²) in [6.45, 7) is 8.29. The van der Waals surface area contributed by atoms with Crippen molar-refractivity contribution in [2.45, 2.75) is 62.9 Å². The van der Waals surface area contributed by atoms with E-state index in [9.17, 15) is 4.79 Å². The SMILES string of the molecule is C/C=N/N(CC)/C1=C/c2c(Cl)ccc3c(c(C(=O)OC)n(C)c23)CCCOc2cc(cc3c2NCCC3)SCc2sc(nc2C)CSC1. The van der Waals surface area contributed by atoms with Crippen molar-refractivity contribution >= 4 is 81.3 Å². The van der Waals surface area contributed by atoms with E-state index in [-0.39, 0.29) is 5.97 Å². The molecule has 0 spiro atoms. The molecule has 0 unspecified atom stereocenters. The van der Waals surface area contributed by atoms with Gasteiger partial charge in [-0.1, -0.05) is 17.7 Å². The number of aryl methyl sites for hydroxylation is 4. The number of aromatic nitrogens is 2. The first-order valence-electron chi connectivity index (χ1n) is 16.4. The molecule has 4 aromatic rings. The van der Waals surface area contributed by atoms with Crippen molar-refractivity contribution in [1.29, 1.82) is 0 Å². The molecule has 12 heteroatoms. The minimum Gasteiger partial charge on any atom is -0.491 e. The van der Waals surface area contributed by atoms with Crippen molar-refractivity contribution < 1.29 is 14.3 Å². The quantitative estimate of drug-likeness (QED) is 0.127. The van der Waals surface area contributed by atoms with Crippen LogP contribution in [-0.4, -0.2) is 59.3 Å². The molecule has 0 saturated heterocycles. The van der Waals surface area contributed by atoms with Crippen LogP contribution in [0.3, 0.4) is 0 Å². The van der Waals surface area contributed by atoms with Gasteiger partial charge in [-0.05, 0) is 81.9 Å². The summed E-state index contributed by atoms with van der Waals surface area (Å²) in [5.41, 5.74) is 7.76. The lowest BCUT2D eigenvalue weighted by Gasteiger charge is -2.22. The van der Waals surface area contributed by atoms with Crippen LogP contribution in [0.2, 0.25) is 5.02 Å². The summed E-state index contributed by atoms with van der Waals surface area (Å²) in [4.78, 5) is 20.7. The van der Waals surface area contributed by atoms with Crippen LogP contribution in [0.4, 0.5) is 5.69 Å². The fourth-order valence-corrected chi connectivity index (χ4v) is 9.94. The van der Waals surface area contributed by atoms with E-state index in [1.54, 1.807) is 11.3 Å². The fraction of sp³-hybridized carbons (Fsp3) is 0.417. The predicted octanol–water partition coefficient (Wildman–Crippen LogP) is 8.96. The van der Waals surface area contributed by atoms with E-state index < -0.39 is 0 Å². The van der Waals surface area contributed by atoms with Gasteiger partial charge in [0, 0.05) is 75.1 Å². The Bertz CT molecular complexity index is 1880. The molecule has 8 bridgehead atoms. The lowest BCUT2D eigenvalue weighted by Crippen LogP contribution is -2.18. The molecule has 0 amide bonds. The standard InChI is InChI=1S/C36H42ClN5O3S3/c1-6-39-42(7-2)24-17-28-29(37)13-12-27-26(35(36(43)44-5)41(4)34(27)28)11-9-15-45-30-18-25(16-23-10-8-14-38-33(23)30)47-20-31-22(3)40-32(48-31)21-46-19-24/h6,12-13,16-18,38H,7-11,14-15,19-21H2,1-5H3/b24-17+,39-6+. The van der Waals surface area contributed by atoms with Crippen LogP contribution in [0.1, 0.15) is 69.4 Å². The number of thioether (sulfide) groups is 2. The third kappa shape index (κ3) is 7.25. The van der Waals surface area contributed by atoms with Crippen molar-refractivity contribution in [2.24, 2.45) is 12.1 Å². The summed E-state index contributed by atoms with van der Waals surface area (Å²) in [7, 11) is 3.35. The van der Waals surface area contributed by atoms with Crippen LogP contribution in [0.5, 0.6) is 5.75 Å². The molecular weight excluding hydrogens is 682 g/mol. The molecule has 0 aliphatic carbocycles. The first kappa shape index (κ1) is 34.7. The molecule has 2 aromatic carbocycles. The van der Waals surface area contributed by atoms with Crippen molar-refractivity contribution in [2.75, 3.05) is 37.9 Å². The summed E-state index contributed by atoms with van der Waals surface area (Å²) >= 11 is 12.4. The Morgan fingerprint density at radius 2 is 2.08 bits per heavy atom. The smallest absolute Gasteiger partial charge is 0.354 e. The zero-order chi connectivity index (χ0) is 33.8. The second-order valence-corrected chi connectivity index (χ2v) is 15.4. The van der Waals surface area contributed by atoms with Crippen LogP contribution in [-0.2, 0) is 36.1 Å². The monoisotopic (exact) mass is 723 g/mol. The number of hydrogen-bond donors (Lipinski definition) is 1. The number of anilines is 1. The van der Waals surface area contributed by atoms with Gasteiger partial charge >= 0.3 is 5.97 Å². The Balaban J connectivity index is 1.46. The Kier molecular flexibility index (Phi) is 11.3. The maximum absolute atomic E-state index is 13.3. The summed E-state index contributed by atoms with van der Waals surface area (Å²) in [5.74, 6) is 2.90. The van der Waals surface area contributed by atoms with Gasteiger partial charge < -0.3 is 19.4 Å². The summed E-state index contributed by atoms with van der Waals surface area (Å²) in [6, 6.07) is 8.44. The number of carbonyl (C=O) groups is 1. The number of ether oxygens (including phenoxy) is 2. The van der Waals surface area contributed by atoms with Gasteiger partial charge in [-0.25, -0.2) is 9.78 Å². The van der Waals surface area contributed by atoms with Gasteiger partial charge in [0.25, 0.3) is 0 Å². The zero-order valence-electron chi connectivity index (χ0n) is 28.2. The molecule has 1 N–H and O–H groups in total. The number of thiazole rings is 1. The molecule has 6 rings (SSSR count).